The highest BCUT2D eigenvalue weighted by atomic mass is 16.5. The van der Waals surface area contributed by atoms with E-state index in [9.17, 15) is 4.79 Å². The maximum atomic E-state index is 11.4. The van der Waals surface area contributed by atoms with E-state index >= 15 is 0 Å². The molecule has 0 aliphatic heterocycles. The first kappa shape index (κ1) is 18.3. The number of ether oxygens (including phenoxy) is 1. The number of hydrogen-bond donors (Lipinski definition) is 0. The summed E-state index contributed by atoms with van der Waals surface area (Å²) in [6.07, 6.45) is 10.1. The lowest BCUT2D eigenvalue weighted by atomic mass is 9.47. The first-order chi connectivity index (χ1) is 10.7. The maximum Gasteiger partial charge on any atom is 0.309 e. The summed E-state index contributed by atoms with van der Waals surface area (Å²) in [5, 5.41) is 0. The number of methoxy groups -OCH3 is 1. The Labute approximate surface area is 142 Å². The maximum absolute atomic E-state index is 11.4. The zero-order chi connectivity index (χ0) is 17.3. The fraction of sp³-hybridized carbons (Fsp3) is 0.762. The molecule has 0 aromatic heterocycles. The fourth-order valence-electron chi connectivity index (χ4n) is 5.40. The molecule has 3 atom stereocenters. The van der Waals surface area contributed by atoms with Crippen LogP contribution in [0.15, 0.2) is 23.8 Å². The second-order valence-electron chi connectivity index (χ2n) is 8.69. The molecule has 2 fully saturated rings. The molecule has 0 spiro atoms. The summed E-state index contributed by atoms with van der Waals surface area (Å²) in [6.45, 7) is 13.9. The van der Waals surface area contributed by atoms with Crippen molar-refractivity contribution in [3.05, 3.63) is 23.8 Å². The third kappa shape index (κ3) is 3.72. The predicted octanol–water partition coefficient (Wildman–Crippen LogP) is 5.68. The number of fused-ring (bicyclic) bond motifs is 1. The topological polar surface area (TPSA) is 26.3 Å². The van der Waals surface area contributed by atoms with E-state index in [1.807, 2.05) is 6.92 Å². The van der Waals surface area contributed by atoms with Crippen molar-refractivity contribution >= 4 is 5.97 Å². The average Bonchev–Trinajstić information content (AvgIpc) is 2.45. The molecular formula is C21H34O2. The van der Waals surface area contributed by atoms with E-state index in [-0.39, 0.29) is 5.97 Å². The molecule has 3 unspecified atom stereocenters. The lowest BCUT2D eigenvalue weighted by molar-refractivity contribution is -0.139. The summed E-state index contributed by atoms with van der Waals surface area (Å²) in [5.74, 6) is 1.19. The Morgan fingerprint density at radius 2 is 2.04 bits per heavy atom. The van der Waals surface area contributed by atoms with Crippen LogP contribution < -0.4 is 0 Å². The van der Waals surface area contributed by atoms with Crippen LogP contribution >= 0.6 is 0 Å². The van der Waals surface area contributed by atoms with Gasteiger partial charge < -0.3 is 4.74 Å². The number of hydrogen-bond acceptors (Lipinski definition) is 2. The Morgan fingerprint density at radius 1 is 1.35 bits per heavy atom. The third-order valence-electron chi connectivity index (χ3n) is 6.67. The second kappa shape index (κ2) is 6.83. The van der Waals surface area contributed by atoms with Gasteiger partial charge in [-0.2, -0.15) is 0 Å². The molecule has 2 nitrogen and oxygen atoms in total. The van der Waals surface area contributed by atoms with Crippen molar-refractivity contribution in [1.82, 2.24) is 0 Å². The summed E-state index contributed by atoms with van der Waals surface area (Å²) in [4.78, 5) is 11.4. The van der Waals surface area contributed by atoms with E-state index in [0.29, 0.717) is 23.2 Å². The van der Waals surface area contributed by atoms with Gasteiger partial charge in [0.25, 0.3) is 0 Å². The van der Waals surface area contributed by atoms with Crippen molar-refractivity contribution < 1.29 is 9.53 Å². The predicted molar refractivity (Wildman–Crippen MR) is 96.1 cm³/mol. The van der Waals surface area contributed by atoms with Crippen molar-refractivity contribution in [2.24, 2.45) is 22.7 Å². The van der Waals surface area contributed by atoms with E-state index in [0.717, 1.165) is 24.3 Å². The summed E-state index contributed by atoms with van der Waals surface area (Å²) in [5.41, 5.74) is 3.34. The summed E-state index contributed by atoms with van der Waals surface area (Å²) in [7, 11) is 1.45. The van der Waals surface area contributed by atoms with Gasteiger partial charge in [-0.3, -0.25) is 4.79 Å². The van der Waals surface area contributed by atoms with E-state index < -0.39 is 0 Å². The molecule has 2 aliphatic carbocycles. The van der Waals surface area contributed by atoms with Gasteiger partial charge >= 0.3 is 5.97 Å². The van der Waals surface area contributed by atoms with Gasteiger partial charge in [-0.25, -0.2) is 0 Å². The first-order valence-electron chi connectivity index (χ1n) is 9.11. The van der Waals surface area contributed by atoms with Gasteiger partial charge in [0.1, 0.15) is 0 Å². The van der Waals surface area contributed by atoms with Crippen LogP contribution in [0.4, 0.5) is 0 Å². The Balaban J connectivity index is 2.17. The molecule has 0 heterocycles. The van der Waals surface area contributed by atoms with Crippen molar-refractivity contribution in [2.45, 2.75) is 72.6 Å². The van der Waals surface area contributed by atoms with E-state index in [2.05, 4.69) is 33.4 Å². The third-order valence-corrected chi connectivity index (χ3v) is 6.67. The molecular weight excluding hydrogens is 284 g/mol. The Bertz CT molecular complexity index is 500. The first-order valence-corrected chi connectivity index (χ1v) is 9.11. The Kier molecular flexibility index (Phi) is 5.43. The SMILES string of the molecule is C=C1CCC2C(C)(C)CCCC2(C)C1CC=C(C)CC(=O)OC. The smallest absolute Gasteiger partial charge is 0.309 e. The lowest BCUT2D eigenvalue weighted by Crippen LogP contribution is -2.49. The molecule has 23 heavy (non-hydrogen) atoms. The van der Waals surface area contributed by atoms with E-state index in [4.69, 9.17) is 4.74 Å². The molecule has 0 bridgehead atoms. The molecule has 0 aromatic rings. The van der Waals surface area contributed by atoms with Crippen LogP contribution in [0, 0.1) is 22.7 Å². The minimum Gasteiger partial charge on any atom is -0.469 e. The minimum atomic E-state index is -0.149. The van der Waals surface area contributed by atoms with Crippen molar-refractivity contribution in [3.8, 4) is 0 Å². The van der Waals surface area contributed by atoms with Crippen LogP contribution in [0.2, 0.25) is 0 Å². The Morgan fingerprint density at radius 3 is 2.70 bits per heavy atom. The van der Waals surface area contributed by atoms with Crippen LogP contribution in [-0.4, -0.2) is 13.1 Å². The number of esters is 1. The summed E-state index contributed by atoms with van der Waals surface area (Å²) in [6, 6.07) is 0. The van der Waals surface area contributed by atoms with Gasteiger partial charge in [-0.05, 0) is 61.7 Å². The zero-order valence-electron chi connectivity index (χ0n) is 15.7. The van der Waals surface area contributed by atoms with Gasteiger partial charge in [0.15, 0.2) is 0 Å². The normalized spacial score (nSPS) is 34.0. The van der Waals surface area contributed by atoms with Crippen LogP contribution in [-0.2, 0) is 9.53 Å². The molecule has 0 amide bonds. The second-order valence-corrected chi connectivity index (χ2v) is 8.69. The number of rotatable bonds is 4. The highest BCUT2D eigenvalue weighted by molar-refractivity contribution is 5.72. The van der Waals surface area contributed by atoms with Gasteiger partial charge in [0.05, 0.1) is 13.5 Å². The van der Waals surface area contributed by atoms with E-state index in [1.165, 1.54) is 38.4 Å². The van der Waals surface area contributed by atoms with E-state index in [1.54, 1.807) is 0 Å². The summed E-state index contributed by atoms with van der Waals surface area (Å²) < 4.78 is 4.77. The number of allylic oxidation sites excluding steroid dienone is 2. The standard InChI is InChI=1S/C21H34O2/c1-15(14-19(22)23-6)8-10-17-16(2)9-11-18-20(3,4)12-7-13-21(17,18)5/h8,17-18H,2,7,9-14H2,1,3-6H3. The minimum absolute atomic E-state index is 0.149. The largest absolute Gasteiger partial charge is 0.469 e. The van der Waals surface area contributed by atoms with Crippen molar-refractivity contribution in [1.29, 1.82) is 0 Å². The van der Waals surface area contributed by atoms with Crippen LogP contribution in [0.3, 0.4) is 0 Å². The molecule has 2 heteroatoms. The zero-order valence-corrected chi connectivity index (χ0v) is 15.7. The van der Waals surface area contributed by atoms with Crippen molar-refractivity contribution in [3.63, 3.8) is 0 Å². The van der Waals surface area contributed by atoms with Crippen molar-refractivity contribution in [2.75, 3.05) is 7.11 Å². The van der Waals surface area contributed by atoms with Gasteiger partial charge in [-0.1, -0.05) is 51.0 Å². The highest BCUT2D eigenvalue weighted by Gasteiger charge is 2.52. The average molecular weight is 319 g/mol. The molecule has 2 aliphatic rings. The molecule has 2 saturated carbocycles. The molecule has 0 radical (unpaired) electrons. The quantitative estimate of drug-likeness (QED) is 0.492. The Hall–Kier alpha value is -1.05. The molecule has 2 rings (SSSR count). The van der Waals surface area contributed by atoms with Gasteiger partial charge in [-0.15, -0.1) is 0 Å². The molecule has 0 aromatic carbocycles. The number of carbonyl (C=O) groups excluding carboxylic acids is 1. The molecule has 0 saturated heterocycles. The summed E-state index contributed by atoms with van der Waals surface area (Å²) >= 11 is 0. The number of carbonyl (C=O) groups is 1. The van der Waals surface area contributed by atoms with Crippen LogP contribution in [0.1, 0.15) is 72.6 Å². The highest BCUT2D eigenvalue weighted by Crippen LogP contribution is 2.61. The van der Waals surface area contributed by atoms with Gasteiger partial charge in [0, 0.05) is 0 Å². The lowest BCUT2D eigenvalue weighted by Gasteiger charge is -2.58. The fourth-order valence-corrected chi connectivity index (χ4v) is 5.40. The van der Waals surface area contributed by atoms with Gasteiger partial charge in [0.2, 0.25) is 0 Å². The molecule has 130 valence electrons. The van der Waals surface area contributed by atoms with Crippen LogP contribution in [0.25, 0.3) is 0 Å². The molecule has 0 N–H and O–H groups in total. The van der Waals surface area contributed by atoms with Crippen LogP contribution in [0.5, 0.6) is 0 Å². The monoisotopic (exact) mass is 318 g/mol.